The Labute approximate surface area is 111 Å². The van der Waals surface area contributed by atoms with Crippen LogP contribution >= 0.6 is 0 Å². The van der Waals surface area contributed by atoms with Gasteiger partial charge in [0, 0.05) is 11.8 Å². The van der Waals surface area contributed by atoms with Gasteiger partial charge in [0.15, 0.2) is 6.29 Å². The molecule has 0 saturated heterocycles. The molecule has 0 spiro atoms. The molecule has 0 atom stereocenters. The van der Waals surface area contributed by atoms with Crippen LogP contribution < -0.4 is 4.74 Å². The largest absolute Gasteiger partial charge is 0.488 e. The van der Waals surface area contributed by atoms with Crippen LogP contribution in [0.5, 0.6) is 5.75 Å². The number of aryl methyl sites for hydroxylation is 1. The number of hydrogen-bond acceptors (Lipinski definition) is 4. The van der Waals surface area contributed by atoms with E-state index in [4.69, 9.17) is 10.00 Å². The van der Waals surface area contributed by atoms with Gasteiger partial charge in [0.1, 0.15) is 24.1 Å². The maximum Gasteiger partial charge on any atom is 0.153 e. The molecule has 0 unspecified atom stereocenters. The zero-order chi connectivity index (χ0) is 13.7. The molecule has 19 heavy (non-hydrogen) atoms. The fourth-order valence-electron chi connectivity index (χ4n) is 1.70. The Kier molecular flexibility index (Phi) is 3.89. The second kappa shape index (κ2) is 5.78. The summed E-state index contributed by atoms with van der Waals surface area (Å²) in [5.74, 6) is 0.508. The molecule has 0 radical (unpaired) electrons. The highest BCUT2D eigenvalue weighted by Crippen LogP contribution is 2.20. The molecule has 0 bridgehead atoms. The Bertz CT molecular complexity index is 645. The Morgan fingerprint density at radius 3 is 3.00 bits per heavy atom. The summed E-state index contributed by atoms with van der Waals surface area (Å²) in [5, 5.41) is 8.93. The van der Waals surface area contributed by atoms with E-state index in [2.05, 4.69) is 4.98 Å². The van der Waals surface area contributed by atoms with E-state index in [9.17, 15) is 4.79 Å². The predicted molar refractivity (Wildman–Crippen MR) is 69.9 cm³/mol. The fourth-order valence-corrected chi connectivity index (χ4v) is 1.70. The van der Waals surface area contributed by atoms with E-state index in [1.807, 2.05) is 19.1 Å². The molecule has 0 aliphatic heterocycles. The van der Waals surface area contributed by atoms with Gasteiger partial charge in [-0.15, -0.1) is 0 Å². The van der Waals surface area contributed by atoms with Crippen molar-refractivity contribution in [1.29, 1.82) is 5.26 Å². The van der Waals surface area contributed by atoms with Gasteiger partial charge in [-0.1, -0.05) is 17.7 Å². The lowest BCUT2D eigenvalue weighted by molar-refractivity contribution is 0.111. The molecule has 1 aromatic heterocycles. The van der Waals surface area contributed by atoms with Crippen LogP contribution in [0.15, 0.2) is 36.5 Å². The summed E-state index contributed by atoms with van der Waals surface area (Å²) >= 11 is 0. The summed E-state index contributed by atoms with van der Waals surface area (Å²) in [7, 11) is 0. The Hall–Kier alpha value is -2.67. The average Bonchev–Trinajstić information content (AvgIpc) is 2.46. The van der Waals surface area contributed by atoms with Gasteiger partial charge in [-0.25, -0.2) is 4.98 Å². The molecule has 4 nitrogen and oxygen atoms in total. The number of carbonyl (C=O) groups is 1. The summed E-state index contributed by atoms with van der Waals surface area (Å²) < 4.78 is 5.59. The summed E-state index contributed by atoms with van der Waals surface area (Å²) in [6, 6.07) is 10.9. The van der Waals surface area contributed by atoms with Crippen molar-refractivity contribution in [2.75, 3.05) is 0 Å². The van der Waals surface area contributed by atoms with Crippen LogP contribution in [0, 0.1) is 18.3 Å². The highest BCUT2D eigenvalue weighted by molar-refractivity contribution is 5.79. The third-order valence-corrected chi connectivity index (χ3v) is 2.67. The third kappa shape index (κ3) is 2.96. The fraction of sp³-hybridized carbons (Fsp3) is 0.133. The lowest BCUT2D eigenvalue weighted by Gasteiger charge is -2.09. The number of nitrogens with zero attached hydrogens (tertiary/aromatic N) is 2. The van der Waals surface area contributed by atoms with E-state index in [1.54, 1.807) is 30.5 Å². The average molecular weight is 252 g/mol. The number of nitriles is 1. The topological polar surface area (TPSA) is 63.0 Å². The van der Waals surface area contributed by atoms with Crippen molar-refractivity contribution in [2.24, 2.45) is 0 Å². The number of aromatic nitrogens is 1. The minimum absolute atomic E-state index is 0.209. The van der Waals surface area contributed by atoms with Gasteiger partial charge in [0.2, 0.25) is 0 Å². The van der Waals surface area contributed by atoms with Gasteiger partial charge in [-0.3, -0.25) is 4.79 Å². The number of ether oxygens (including phenoxy) is 1. The minimum Gasteiger partial charge on any atom is -0.488 e. The van der Waals surface area contributed by atoms with Crippen molar-refractivity contribution in [2.45, 2.75) is 13.5 Å². The molecule has 1 aromatic carbocycles. The highest BCUT2D eigenvalue weighted by Gasteiger charge is 2.06. The summed E-state index contributed by atoms with van der Waals surface area (Å²) in [6.45, 7) is 2.12. The first kappa shape index (κ1) is 12.8. The third-order valence-electron chi connectivity index (χ3n) is 2.67. The van der Waals surface area contributed by atoms with Crippen molar-refractivity contribution >= 4 is 6.29 Å². The molecule has 0 aliphatic carbocycles. The number of pyridine rings is 1. The number of carbonyl (C=O) groups excluding carboxylic acids is 1. The molecule has 0 fully saturated rings. The number of benzene rings is 1. The lowest BCUT2D eigenvalue weighted by Crippen LogP contribution is -2.01. The van der Waals surface area contributed by atoms with E-state index in [-0.39, 0.29) is 6.61 Å². The Morgan fingerprint density at radius 1 is 1.42 bits per heavy atom. The second-order valence-electron chi connectivity index (χ2n) is 4.07. The smallest absolute Gasteiger partial charge is 0.153 e. The minimum atomic E-state index is 0.209. The molecule has 2 aromatic rings. The van der Waals surface area contributed by atoms with Crippen molar-refractivity contribution in [3.8, 4) is 11.8 Å². The van der Waals surface area contributed by atoms with E-state index < -0.39 is 0 Å². The maximum atomic E-state index is 11.0. The first-order chi connectivity index (χ1) is 9.24. The van der Waals surface area contributed by atoms with Gasteiger partial charge in [-0.2, -0.15) is 5.26 Å². The SMILES string of the molecule is Cc1ccc(OCc2cccnc2C#N)c(C=O)c1. The van der Waals surface area contributed by atoms with Gasteiger partial charge in [-0.05, 0) is 25.1 Å². The highest BCUT2D eigenvalue weighted by atomic mass is 16.5. The van der Waals surface area contributed by atoms with Crippen LogP contribution in [-0.4, -0.2) is 11.3 Å². The molecule has 0 amide bonds. The van der Waals surface area contributed by atoms with Gasteiger partial charge in [0.05, 0.1) is 5.56 Å². The Balaban J connectivity index is 2.19. The maximum absolute atomic E-state index is 11.0. The number of aldehydes is 1. The second-order valence-corrected chi connectivity index (χ2v) is 4.07. The van der Waals surface area contributed by atoms with E-state index in [0.717, 1.165) is 11.8 Å². The van der Waals surface area contributed by atoms with Gasteiger partial charge in [0.25, 0.3) is 0 Å². The molecule has 94 valence electrons. The van der Waals surface area contributed by atoms with Crippen molar-refractivity contribution < 1.29 is 9.53 Å². The standard InChI is InChI=1S/C15H12N2O2/c1-11-4-5-15(13(7-11)9-18)19-10-12-3-2-6-17-14(12)8-16/h2-7,9H,10H2,1H3. The molecule has 0 N–H and O–H groups in total. The van der Waals surface area contributed by atoms with Crippen LogP contribution in [-0.2, 0) is 6.61 Å². The van der Waals surface area contributed by atoms with E-state index in [1.165, 1.54) is 0 Å². The zero-order valence-corrected chi connectivity index (χ0v) is 10.5. The summed E-state index contributed by atoms with van der Waals surface area (Å²) in [5.41, 5.74) is 2.53. The van der Waals surface area contributed by atoms with E-state index in [0.29, 0.717) is 22.6 Å². The van der Waals surface area contributed by atoms with Crippen molar-refractivity contribution in [3.63, 3.8) is 0 Å². The lowest BCUT2D eigenvalue weighted by atomic mass is 10.1. The molecule has 1 heterocycles. The molecular weight excluding hydrogens is 240 g/mol. The normalized spacial score (nSPS) is 9.68. The molecule has 0 aliphatic rings. The quantitative estimate of drug-likeness (QED) is 0.785. The molecule has 0 saturated carbocycles. The van der Waals surface area contributed by atoms with Crippen LogP contribution in [0.4, 0.5) is 0 Å². The predicted octanol–water partition coefficient (Wildman–Crippen LogP) is 2.65. The monoisotopic (exact) mass is 252 g/mol. The van der Waals surface area contributed by atoms with Crippen molar-refractivity contribution in [3.05, 3.63) is 58.9 Å². The van der Waals surface area contributed by atoms with Crippen LogP contribution in [0.1, 0.15) is 27.2 Å². The first-order valence-electron chi connectivity index (χ1n) is 5.77. The van der Waals surface area contributed by atoms with Crippen LogP contribution in [0.3, 0.4) is 0 Å². The first-order valence-corrected chi connectivity index (χ1v) is 5.77. The van der Waals surface area contributed by atoms with Crippen molar-refractivity contribution in [1.82, 2.24) is 4.98 Å². The zero-order valence-electron chi connectivity index (χ0n) is 10.5. The van der Waals surface area contributed by atoms with Crippen LogP contribution in [0.25, 0.3) is 0 Å². The van der Waals surface area contributed by atoms with Crippen LogP contribution in [0.2, 0.25) is 0 Å². The van der Waals surface area contributed by atoms with E-state index >= 15 is 0 Å². The number of hydrogen-bond donors (Lipinski definition) is 0. The van der Waals surface area contributed by atoms with Gasteiger partial charge >= 0.3 is 0 Å². The number of rotatable bonds is 4. The molecular formula is C15H12N2O2. The summed E-state index contributed by atoms with van der Waals surface area (Å²) in [6.07, 6.45) is 2.32. The van der Waals surface area contributed by atoms with Gasteiger partial charge < -0.3 is 4.74 Å². The molecule has 2 rings (SSSR count). The molecule has 4 heteroatoms. The summed E-state index contributed by atoms with van der Waals surface area (Å²) in [4.78, 5) is 14.9. The Morgan fingerprint density at radius 2 is 2.26 bits per heavy atom.